The number of benzene rings is 1. The van der Waals surface area contributed by atoms with Crippen LogP contribution in [0, 0.1) is 5.92 Å². The third kappa shape index (κ3) is 4.66. The minimum Gasteiger partial charge on any atom is -0.497 e. The lowest BCUT2D eigenvalue weighted by molar-refractivity contribution is 0.414. The van der Waals surface area contributed by atoms with Gasteiger partial charge in [0.05, 0.1) is 7.11 Å². The van der Waals surface area contributed by atoms with Crippen LogP contribution in [0.2, 0.25) is 0 Å². The zero-order valence-electron chi connectivity index (χ0n) is 13.5. The van der Waals surface area contributed by atoms with Crippen molar-refractivity contribution in [1.82, 2.24) is 10.6 Å². The molecule has 1 fully saturated rings. The molecule has 3 atom stereocenters. The Labute approximate surface area is 128 Å². The van der Waals surface area contributed by atoms with Crippen molar-refractivity contribution >= 4 is 5.96 Å². The van der Waals surface area contributed by atoms with E-state index in [9.17, 15) is 0 Å². The van der Waals surface area contributed by atoms with Gasteiger partial charge >= 0.3 is 0 Å². The molecule has 1 aromatic carbocycles. The lowest BCUT2D eigenvalue weighted by Gasteiger charge is -2.15. The van der Waals surface area contributed by atoms with Gasteiger partial charge in [-0.1, -0.05) is 26.0 Å². The highest BCUT2D eigenvalue weighted by Crippen LogP contribution is 2.28. The van der Waals surface area contributed by atoms with E-state index in [1.165, 1.54) is 12.0 Å². The quantitative estimate of drug-likeness (QED) is 0.625. The molecule has 116 valence electrons. The van der Waals surface area contributed by atoms with Gasteiger partial charge in [0, 0.05) is 19.6 Å². The predicted octanol–water partition coefficient (Wildman–Crippen LogP) is 2.76. The van der Waals surface area contributed by atoms with E-state index in [1.54, 1.807) is 7.11 Å². The van der Waals surface area contributed by atoms with Crippen molar-refractivity contribution in [1.29, 1.82) is 0 Å². The second kappa shape index (κ2) is 7.34. The van der Waals surface area contributed by atoms with Gasteiger partial charge in [-0.25, -0.2) is 0 Å². The SMILES string of the molecule is CN=C(NCCC(C)c1ccc(OC)cc1)NC1CC1C. The number of hydrogen-bond donors (Lipinski definition) is 2. The maximum Gasteiger partial charge on any atom is 0.191 e. The molecule has 0 amide bonds. The summed E-state index contributed by atoms with van der Waals surface area (Å²) in [5.74, 6) is 3.13. The Hall–Kier alpha value is -1.71. The zero-order valence-corrected chi connectivity index (χ0v) is 13.5. The first kappa shape index (κ1) is 15.7. The number of guanidine groups is 1. The minimum absolute atomic E-state index is 0.515. The third-order valence-electron chi connectivity index (χ3n) is 4.21. The molecule has 1 aliphatic rings. The normalized spacial score (nSPS) is 22.6. The first-order chi connectivity index (χ1) is 10.1. The summed E-state index contributed by atoms with van der Waals surface area (Å²) in [7, 11) is 3.52. The number of nitrogens with zero attached hydrogens (tertiary/aromatic N) is 1. The lowest BCUT2D eigenvalue weighted by Crippen LogP contribution is -2.39. The van der Waals surface area contributed by atoms with Crippen LogP contribution < -0.4 is 15.4 Å². The van der Waals surface area contributed by atoms with Crippen molar-refractivity contribution in [2.75, 3.05) is 20.7 Å². The van der Waals surface area contributed by atoms with Crippen LogP contribution in [0.15, 0.2) is 29.3 Å². The van der Waals surface area contributed by atoms with Crippen LogP contribution in [0.1, 0.15) is 38.2 Å². The molecule has 2 rings (SSSR count). The second-order valence-electron chi connectivity index (χ2n) is 5.93. The average Bonchev–Trinajstić information content (AvgIpc) is 3.21. The summed E-state index contributed by atoms with van der Waals surface area (Å²) in [5, 5.41) is 6.84. The van der Waals surface area contributed by atoms with Gasteiger partial charge in [0.25, 0.3) is 0 Å². The standard InChI is InChI=1S/C17H27N3O/c1-12(14-5-7-15(21-4)8-6-14)9-10-19-17(18-3)20-16-11-13(16)2/h5-8,12-13,16H,9-11H2,1-4H3,(H2,18,19,20). The van der Waals surface area contributed by atoms with Crippen molar-refractivity contribution in [2.45, 2.75) is 38.6 Å². The zero-order chi connectivity index (χ0) is 15.2. The second-order valence-corrected chi connectivity index (χ2v) is 5.93. The van der Waals surface area contributed by atoms with E-state index in [4.69, 9.17) is 4.74 Å². The summed E-state index contributed by atoms with van der Waals surface area (Å²) in [4.78, 5) is 4.27. The molecular formula is C17H27N3O. The van der Waals surface area contributed by atoms with Gasteiger partial charge in [-0.15, -0.1) is 0 Å². The fourth-order valence-electron chi connectivity index (χ4n) is 2.40. The molecule has 0 heterocycles. The van der Waals surface area contributed by atoms with Gasteiger partial charge in [0.2, 0.25) is 0 Å². The van der Waals surface area contributed by atoms with Crippen LogP contribution in [0.4, 0.5) is 0 Å². The molecule has 0 spiro atoms. The summed E-state index contributed by atoms with van der Waals surface area (Å²) >= 11 is 0. The van der Waals surface area contributed by atoms with Crippen molar-refractivity contribution < 1.29 is 4.74 Å². The van der Waals surface area contributed by atoms with Crippen molar-refractivity contribution in [2.24, 2.45) is 10.9 Å². The van der Waals surface area contributed by atoms with Crippen LogP contribution in [0.5, 0.6) is 5.75 Å². The maximum absolute atomic E-state index is 5.19. The van der Waals surface area contributed by atoms with Crippen LogP contribution in [-0.4, -0.2) is 32.7 Å². The smallest absolute Gasteiger partial charge is 0.191 e. The van der Waals surface area contributed by atoms with E-state index < -0.39 is 0 Å². The fourth-order valence-corrected chi connectivity index (χ4v) is 2.40. The predicted molar refractivity (Wildman–Crippen MR) is 88.1 cm³/mol. The number of ether oxygens (including phenoxy) is 1. The molecule has 0 bridgehead atoms. The van der Waals surface area contributed by atoms with Gasteiger partial charge < -0.3 is 15.4 Å². The van der Waals surface area contributed by atoms with Crippen molar-refractivity contribution in [3.63, 3.8) is 0 Å². The molecule has 0 aliphatic heterocycles. The highest BCUT2D eigenvalue weighted by atomic mass is 16.5. The van der Waals surface area contributed by atoms with Gasteiger partial charge in [-0.05, 0) is 42.4 Å². The van der Waals surface area contributed by atoms with Crippen molar-refractivity contribution in [3.8, 4) is 5.75 Å². The Morgan fingerprint density at radius 2 is 2.05 bits per heavy atom. The summed E-state index contributed by atoms with van der Waals surface area (Å²) in [6, 6.07) is 8.93. The van der Waals surface area contributed by atoms with E-state index in [-0.39, 0.29) is 0 Å². The van der Waals surface area contributed by atoms with E-state index in [1.807, 2.05) is 19.2 Å². The number of hydrogen-bond acceptors (Lipinski definition) is 2. The summed E-state index contributed by atoms with van der Waals surface area (Å²) < 4.78 is 5.19. The first-order valence-corrected chi connectivity index (χ1v) is 7.75. The molecule has 0 radical (unpaired) electrons. The molecule has 4 heteroatoms. The topological polar surface area (TPSA) is 45.7 Å². The van der Waals surface area contributed by atoms with E-state index in [2.05, 4.69) is 41.6 Å². The molecule has 0 aromatic heterocycles. The number of nitrogens with one attached hydrogen (secondary N) is 2. The van der Waals surface area contributed by atoms with E-state index >= 15 is 0 Å². The van der Waals surface area contributed by atoms with Crippen LogP contribution in [-0.2, 0) is 0 Å². The largest absolute Gasteiger partial charge is 0.497 e. The number of aliphatic imine (C=N–C) groups is 1. The summed E-state index contributed by atoms with van der Waals surface area (Å²) in [6.45, 7) is 5.44. The average molecular weight is 289 g/mol. The van der Waals surface area contributed by atoms with Gasteiger partial charge in [-0.3, -0.25) is 4.99 Å². The molecule has 21 heavy (non-hydrogen) atoms. The van der Waals surface area contributed by atoms with Gasteiger partial charge in [-0.2, -0.15) is 0 Å². The van der Waals surface area contributed by atoms with Gasteiger partial charge in [0.1, 0.15) is 5.75 Å². The molecule has 1 aliphatic carbocycles. The molecule has 3 unspecified atom stereocenters. The molecule has 4 nitrogen and oxygen atoms in total. The molecule has 1 saturated carbocycles. The minimum atomic E-state index is 0.515. The highest BCUT2D eigenvalue weighted by Gasteiger charge is 2.33. The Bertz CT molecular complexity index is 469. The van der Waals surface area contributed by atoms with Gasteiger partial charge in [0.15, 0.2) is 5.96 Å². The van der Waals surface area contributed by atoms with Crippen LogP contribution >= 0.6 is 0 Å². The Morgan fingerprint density at radius 1 is 1.38 bits per heavy atom. The molecule has 1 aromatic rings. The highest BCUT2D eigenvalue weighted by molar-refractivity contribution is 5.80. The van der Waals surface area contributed by atoms with Crippen molar-refractivity contribution in [3.05, 3.63) is 29.8 Å². The van der Waals surface area contributed by atoms with Crippen LogP contribution in [0.25, 0.3) is 0 Å². The third-order valence-corrected chi connectivity index (χ3v) is 4.21. The number of rotatable bonds is 6. The van der Waals surface area contributed by atoms with E-state index in [0.717, 1.165) is 30.6 Å². The van der Waals surface area contributed by atoms with E-state index in [0.29, 0.717) is 12.0 Å². The first-order valence-electron chi connectivity index (χ1n) is 7.75. The Balaban J connectivity index is 1.73. The Kier molecular flexibility index (Phi) is 5.48. The lowest BCUT2D eigenvalue weighted by atomic mass is 9.98. The molecule has 2 N–H and O–H groups in total. The van der Waals surface area contributed by atoms with Crippen LogP contribution in [0.3, 0.4) is 0 Å². The summed E-state index contributed by atoms with van der Waals surface area (Å²) in [5.41, 5.74) is 1.34. The molecule has 0 saturated heterocycles. The number of methoxy groups -OCH3 is 1. The summed E-state index contributed by atoms with van der Waals surface area (Å²) in [6.07, 6.45) is 2.33. The molecular weight excluding hydrogens is 262 g/mol. The maximum atomic E-state index is 5.19. The monoisotopic (exact) mass is 289 g/mol. The fraction of sp³-hybridized carbons (Fsp3) is 0.588. The Morgan fingerprint density at radius 3 is 2.57 bits per heavy atom.